The summed E-state index contributed by atoms with van der Waals surface area (Å²) in [6.07, 6.45) is 0.817. The Morgan fingerprint density at radius 2 is 1.89 bits per heavy atom. The summed E-state index contributed by atoms with van der Waals surface area (Å²) in [5.41, 5.74) is 2.96. The third-order valence-electron chi connectivity index (χ3n) is 5.07. The van der Waals surface area contributed by atoms with Crippen LogP contribution in [0.4, 0.5) is 11.4 Å². The van der Waals surface area contributed by atoms with Crippen LogP contribution < -0.4 is 14.5 Å². The van der Waals surface area contributed by atoms with E-state index in [4.69, 9.17) is 4.74 Å². The van der Waals surface area contributed by atoms with Crippen LogP contribution in [0, 0.1) is 0 Å². The third kappa shape index (κ3) is 3.09. The predicted molar refractivity (Wildman–Crippen MR) is 105 cm³/mol. The highest BCUT2D eigenvalue weighted by atomic mass is 16.5. The molecule has 0 N–H and O–H groups in total. The molecule has 0 aromatic heterocycles. The average molecular weight is 379 g/mol. The van der Waals surface area contributed by atoms with E-state index in [0.717, 1.165) is 17.7 Å². The van der Waals surface area contributed by atoms with E-state index in [9.17, 15) is 14.4 Å². The van der Waals surface area contributed by atoms with Crippen LogP contribution in [0.5, 0.6) is 5.75 Å². The van der Waals surface area contributed by atoms with Gasteiger partial charge in [-0.15, -0.1) is 0 Å². The maximum atomic E-state index is 13.1. The minimum atomic E-state index is -0.307. The lowest BCUT2D eigenvalue weighted by atomic mass is 10.1. The van der Waals surface area contributed by atoms with Crippen LogP contribution in [0.2, 0.25) is 0 Å². The molecule has 0 fully saturated rings. The Hall–Kier alpha value is -3.35. The van der Waals surface area contributed by atoms with Gasteiger partial charge in [-0.25, -0.2) is 0 Å². The third-order valence-corrected chi connectivity index (χ3v) is 5.07. The van der Waals surface area contributed by atoms with E-state index in [0.29, 0.717) is 23.5 Å². The van der Waals surface area contributed by atoms with E-state index in [1.165, 1.54) is 9.80 Å². The van der Waals surface area contributed by atoms with E-state index < -0.39 is 0 Å². The monoisotopic (exact) mass is 379 g/mol. The highest BCUT2D eigenvalue weighted by Gasteiger charge is 2.30. The zero-order valence-electron chi connectivity index (χ0n) is 15.8. The predicted octanol–water partition coefficient (Wildman–Crippen LogP) is 1.70. The molecule has 144 valence electrons. The first-order chi connectivity index (χ1) is 13.5. The van der Waals surface area contributed by atoms with Gasteiger partial charge in [0, 0.05) is 31.9 Å². The zero-order valence-corrected chi connectivity index (χ0v) is 15.8. The molecule has 0 atom stereocenters. The van der Waals surface area contributed by atoms with E-state index in [1.54, 1.807) is 37.2 Å². The summed E-state index contributed by atoms with van der Waals surface area (Å²) in [7, 11) is 3.28. The van der Waals surface area contributed by atoms with Crippen molar-refractivity contribution in [3.05, 3.63) is 53.6 Å². The number of carbonyl (C=O) groups excluding carboxylic acids is 3. The second-order valence-electron chi connectivity index (χ2n) is 7.07. The Morgan fingerprint density at radius 1 is 1.11 bits per heavy atom. The number of rotatable bonds is 3. The molecular formula is C21H21N3O4. The summed E-state index contributed by atoms with van der Waals surface area (Å²) >= 11 is 0. The molecule has 0 saturated heterocycles. The van der Waals surface area contributed by atoms with E-state index >= 15 is 0 Å². The molecular weight excluding hydrogens is 358 g/mol. The molecule has 28 heavy (non-hydrogen) atoms. The smallest absolute Gasteiger partial charge is 0.265 e. The van der Waals surface area contributed by atoms with Crippen LogP contribution in [0.1, 0.15) is 15.9 Å². The Labute approximate surface area is 163 Å². The Morgan fingerprint density at radius 3 is 2.68 bits per heavy atom. The van der Waals surface area contributed by atoms with Gasteiger partial charge >= 0.3 is 0 Å². The van der Waals surface area contributed by atoms with Gasteiger partial charge in [0.2, 0.25) is 5.91 Å². The lowest BCUT2D eigenvalue weighted by molar-refractivity contribution is -0.130. The van der Waals surface area contributed by atoms with Crippen LogP contribution in [0.25, 0.3) is 0 Å². The Bertz CT molecular complexity index is 970. The molecule has 2 aromatic rings. The second kappa shape index (κ2) is 6.99. The molecule has 2 heterocycles. The first-order valence-corrected chi connectivity index (χ1v) is 9.13. The van der Waals surface area contributed by atoms with Crippen molar-refractivity contribution >= 4 is 29.1 Å². The molecule has 0 aliphatic carbocycles. The Balaban J connectivity index is 1.66. The summed E-state index contributed by atoms with van der Waals surface area (Å²) in [4.78, 5) is 42.2. The van der Waals surface area contributed by atoms with Crippen molar-refractivity contribution in [3.8, 4) is 5.75 Å². The molecule has 0 bridgehead atoms. The van der Waals surface area contributed by atoms with Crippen molar-refractivity contribution in [1.82, 2.24) is 4.90 Å². The van der Waals surface area contributed by atoms with E-state index in [-0.39, 0.29) is 30.9 Å². The molecule has 2 aliphatic heterocycles. The average Bonchev–Trinajstić information content (AvgIpc) is 3.13. The van der Waals surface area contributed by atoms with Crippen LogP contribution in [-0.2, 0) is 16.0 Å². The highest BCUT2D eigenvalue weighted by molar-refractivity contribution is 6.09. The van der Waals surface area contributed by atoms with Crippen molar-refractivity contribution in [2.24, 2.45) is 0 Å². The maximum absolute atomic E-state index is 13.1. The normalized spacial score (nSPS) is 15.0. The lowest BCUT2D eigenvalue weighted by Gasteiger charge is -2.30. The van der Waals surface area contributed by atoms with Gasteiger partial charge in [0.05, 0.1) is 5.69 Å². The molecule has 4 rings (SSSR count). The number of carbonyl (C=O) groups is 3. The van der Waals surface area contributed by atoms with Gasteiger partial charge in [0.1, 0.15) is 12.3 Å². The van der Waals surface area contributed by atoms with Gasteiger partial charge in [-0.2, -0.15) is 0 Å². The molecule has 7 heteroatoms. The van der Waals surface area contributed by atoms with Crippen molar-refractivity contribution in [2.45, 2.75) is 6.42 Å². The van der Waals surface area contributed by atoms with E-state index in [1.807, 2.05) is 24.3 Å². The fourth-order valence-electron chi connectivity index (χ4n) is 3.49. The van der Waals surface area contributed by atoms with Gasteiger partial charge in [0.15, 0.2) is 6.61 Å². The SMILES string of the molecule is CN(C)C(=O)CN1C(=O)COc2ccc(C(=O)N3CCc4ccccc43)cc21. The van der Waals surface area contributed by atoms with Crippen molar-refractivity contribution in [3.63, 3.8) is 0 Å². The second-order valence-corrected chi connectivity index (χ2v) is 7.07. The summed E-state index contributed by atoms with van der Waals surface area (Å²) in [5.74, 6) is -0.153. The van der Waals surface area contributed by atoms with Crippen LogP contribution in [-0.4, -0.2) is 56.4 Å². The van der Waals surface area contributed by atoms with Crippen LogP contribution >= 0.6 is 0 Å². The van der Waals surface area contributed by atoms with Crippen molar-refractivity contribution in [1.29, 1.82) is 0 Å². The number of fused-ring (bicyclic) bond motifs is 2. The van der Waals surface area contributed by atoms with Crippen LogP contribution in [0.15, 0.2) is 42.5 Å². The molecule has 7 nitrogen and oxygen atoms in total. The lowest BCUT2D eigenvalue weighted by Crippen LogP contribution is -2.45. The van der Waals surface area contributed by atoms with Gasteiger partial charge in [-0.1, -0.05) is 18.2 Å². The maximum Gasteiger partial charge on any atom is 0.265 e. The zero-order chi connectivity index (χ0) is 19.8. The standard InChI is InChI=1S/C21H21N3O4/c1-22(2)19(25)12-24-17-11-15(7-8-18(17)28-13-20(24)26)21(27)23-10-9-14-5-3-4-6-16(14)23/h3-8,11H,9-10,12-13H2,1-2H3. The number of benzene rings is 2. The van der Waals surface area contributed by atoms with Crippen LogP contribution in [0.3, 0.4) is 0 Å². The number of ether oxygens (including phenoxy) is 1. The minimum Gasteiger partial charge on any atom is -0.482 e. The molecule has 0 spiro atoms. The number of hydrogen-bond acceptors (Lipinski definition) is 4. The van der Waals surface area contributed by atoms with Gasteiger partial charge < -0.3 is 14.5 Å². The van der Waals surface area contributed by atoms with Gasteiger partial charge in [-0.3, -0.25) is 19.3 Å². The summed E-state index contributed by atoms with van der Waals surface area (Å²) in [6.45, 7) is 0.403. The van der Waals surface area contributed by atoms with Gasteiger partial charge in [0.25, 0.3) is 11.8 Å². The first-order valence-electron chi connectivity index (χ1n) is 9.13. The first kappa shape index (κ1) is 18.0. The Kier molecular flexibility index (Phi) is 4.50. The number of nitrogens with zero attached hydrogens (tertiary/aromatic N) is 3. The number of anilines is 2. The van der Waals surface area contributed by atoms with Gasteiger partial charge in [-0.05, 0) is 36.2 Å². The molecule has 3 amide bonds. The van der Waals surface area contributed by atoms with Crippen molar-refractivity contribution in [2.75, 3.05) is 43.6 Å². The summed E-state index contributed by atoms with van der Waals surface area (Å²) in [5, 5.41) is 0. The summed E-state index contributed by atoms with van der Waals surface area (Å²) in [6, 6.07) is 12.9. The minimum absolute atomic E-state index is 0.0909. The molecule has 0 unspecified atom stereocenters. The van der Waals surface area contributed by atoms with E-state index in [2.05, 4.69) is 0 Å². The summed E-state index contributed by atoms with van der Waals surface area (Å²) < 4.78 is 5.48. The molecule has 2 aromatic carbocycles. The number of hydrogen-bond donors (Lipinski definition) is 0. The number of amides is 3. The molecule has 2 aliphatic rings. The largest absolute Gasteiger partial charge is 0.482 e. The van der Waals surface area contributed by atoms with Crippen molar-refractivity contribution < 1.29 is 19.1 Å². The number of likely N-dealkylation sites (N-methyl/N-ethyl adjacent to an activating group) is 1. The highest BCUT2D eigenvalue weighted by Crippen LogP contribution is 2.35. The topological polar surface area (TPSA) is 70.2 Å². The molecule has 0 radical (unpaired) electrons. The quantitative estimate of drug-likeness (QED) is 0.814. The fraction of sp³-hybridized carbons (Fsp3) is 0.286. The molecule has 0 saturated carbocycles. The number of para-hydroxylation sites is 1. The fourth-order valence-corrected chi connectivity index (χ4v) is 3.49.